The van der Waals surface area contributed by atoms with Gasteiger partial charge in [0, 0.05) is 18.0 Å². The molecule has 0 unspecified atom stereocenters. The third-order valence-electron chi connectivity index (χ3n) is 4.96. The molecule has 0 aliphatic rings. The monoisotopic (exact) mass is 373 g/mol. The molecule has 3 N–H and O–H groups in total. The third-order valence-corrected chi connectivity index (χ3v) is 4.96. The van der Waals surface area contributed by atoms with Gasteiger partial charge in [0.15, 0.2) is 0 Å². The summed E-state index contributed by atoms with van der Waals surface area (Å²) >= 11 is 0. The molecule has 0 aromatic heterocycles. The molecule has 3 aromatic carbocycles. The van der Waals surface area contributed by atoms with Gasteiger partial charge in [0.25, 0.3) is 0 Å². The van der Waals surface area contributed by atoms with Crippen molar-refractivity contribution in [2.24, 2.45) is 0 Å². The van der Waals surface area contributed by atoms with E-state index in [4.69, 9.17) is 0 Å². The molecular weight excluding hydrogens is 344 g/mol. The summed E-state index contributed by atoms with van der Waals surface area (Å²) in [5.41, 5.74) is 3.87. The molecule has 144 valence electrons. The lowest BCUT2D eigenvalue weighted by atomic mass is 9.88. The van der Waals surface area contributed by atoms with Crippen molar-refractivity contribution in [2.75, 3.05) is 13.1 Å². The lowest BCUT2D eigenvalue weighted by molar-refractivity contribution is -0.669. The van der Waals surface area contributed by atoms with E-state index < -0.39 is 0 Å². The third kappa shape index (κ3) is 6.36. The van der Waals surface area contributed by atoms with Crippen LogP contribution in [0.15, 0.2) is 91.0 Å². The number of nitrogens with two attached hydrogens (primary N) is 1. The quantitative estimate of drug-likeness (QED) is 0.525. The predicted octanol–water partition coefficient (Wildman–Crippen LogP) is 3.48. The number of carbonyl (C=O) groups is 1. The molecule has 0 radical (unpaired) electrons. The van der Waals surface area contributed by atoms with E-state index in [9.17, 15) is 4.79 Å². The fraction of sp³-hybridized carbons (Fsp3) is 0.240. The molecular formula is C25H29N2O+. The van der Waals surface area contributed by atoms with Crippen LogP contribution in [-0.2, 0) is 11.3 Å². The molecule has 0 bridgehead atoms. The van der Waals surface area contributed by atoms with Crippen LogP contribution in [0.25, 0.3) is 0 Å². The molecule has 1 amide bonds. The van der Waals surface area contributed by atoms with Gasteiger partial charge in [0.1, 0.15) is 6.54 Å². The first kappa shape index (κ1) is 19.8. The van der Waals surface area contributed by atoms with E-state index in [-0.39, 0.29) is 5.91 Å². The van der Waals surface area contributed by atoms with Gasteiger partial charge in [0.2, 0.25) is 5.91 Å². The molecule has 0 fully saturated rings. The number of amides is 1. The van der Waals surface area contributed by atoms with Crippen LogP contribution in [0.5, 0.6) is 0 Å². The SMILES string of the molecule is O=C(CC[NH2+]Cc1ccccc1)NCCC(c1ccccc1)c1ccccc1. The summed E-state index contributed by atoms with van der Waals surface area (Å²) in [6, 6.07) is 31.4. The van der Waals surface area contributed by atoms with E-state index >= 15 is 0 Å². The second-order valence-electron chi connectivity index (χ2n) is 7.03. The Hall–Kier alpha value is -2.91. The van der Waals surface area contributed by atoms with Gasteiger partial charge in [0.05, 0.1) is 13.0 Å². The number of rotatable bonds is 10. The molecule has 3 nitrogen and oxygen atoms in total. The van der Waals surface area contributed by atoms with Crippen molar-refractivity contribution in [1.82, 2.24) is 5.32 Å². The zero-order valence-electron chi connectivity index (χ0n) is 16.3. The highest BCUT2D eigenvalue weighted by Crippen LogP contribution is 2.27. The molecule has 0 aliphatic heterocycles. The van der Waals surface area contributed by atoms with Crippen molar-refractivity contribution < 1.29 is 10.1 Å². The highest BCUT2D eigenvalue weighted by atomic mass is 16.1. The Labute approximate surface area is 167 Å². The summed E-state index contributed by atoms with van der Waals surface area (Å²) < 4.78 is 0. The molecule has 28 heavy (non-hydrogen) atoms. The van der Waals surface area contributed by atoms with E-state index in [1.54, 1.807) is 0 Å². The highest BCUT2D eigenvalue weighted by molar-refractivity contribution is 5.75. The Bertz CT molecular complexity index is 779. The smallest absolute Gasteiger partial charge is 0.225 e. The average molecular weight is 374 g/mol. The molecule has 0 saturated heterocycles. The molecule has 0 saturated carbocycles. The Balaban J connectivity index is 1.43. The summed E-state index contributed by atoms with van der Waals surface area (Å²) in [5.74, 6) is 0.427. The van der Waals surface area contributed by atoms with Gasteiger partial charge in [-0.05, 0) is 17.5 Å². The van der Waals surface area contributed by atoms with Crippen molar-refractivity contribution in [3.63, 3.8) is 0 Å². The molecule has 3 aromatic rings. The topological polar surface area (TPSA) is 45.7 Å². The lowest BCUT2D eigenvalue weighted by Gasteiger charge is -2.18. The maximum absolute atomic E-state index is 12.2. The van der Waals surface area contributed by atoms with Crippen molar-refractivity contribution in [1.29, 1.82) is 0 Å². The van der Waals surface area contributed by atoms with Gasteiger partial charge in [-0.2, -0.15) is 0 Å². The maximum atomic E-state index is 12.2. The van der Waals surface area contributed by atoms with E-state index in [2.05, 4.69) is 71.3 Å². The molecule has 0 heterocycles. The highest BCUT2D eigenvalue weighted by Gasteiger charge is 2.14. The van der Waals surface area contributed by atoms with Crippen LogP contribution < -0.4 is 10.6 Å². The van der Waals surface area contributed by atoms with Crippen molar-refractivity contribution in [3.8, 4) is 0 Å². The van der Waals surface area contributed by atoms with Crippen LogP contribution in [0.2, 0.25) is 0 Å². The molecule has 3 heteroatoms. The summed E-state index contributed by atoms with van der Waals surface area (Å²) in [4.78, 5) is 12.2. The minimum atomic E-state index is 0.129. The molecule has 0 spiro atoms. The minimum Gasteiger partial charge on any atom is -0.356 e. The number of hydrogen-bond acceptors (Lipinski definition) is 1. The van der Waals surface area contributed by atoms with Crippen LogP contribution >= 0.6 is 0 Å². The number of nitrogens with one attached hydrogen (secondary N) is 1. The van der Waals surface area contributed by atoms with Gasteiger partial charge in [-0.15, -0.1) is 0 Å². The average Bonchev–Trinajstić information content (AvgIpc) is 2.76. The first-order valence-electron chi connectivity index (χ1n) is 10.0. The van der Waals surface area contributed by atoms with Crippen LogP contribution in [0.3, 0.4) is 0 Å². The standard InChI is InChI=1S/C25H28N2O/c28-25(17-18-26-20-21-10-4-1-5-11-21)27-19-16-24(22-12-6-2-7-13-22)23-14-8-3-9-15-23/h1-15,24,26H,16-20H2,(H,27,28)/p+1. The van der Waals surface area contributed by atoms with Crippen LogP contribution in [0.1, 0.15) is 35.4 Å². The lowest BCUT2D eigenvalue weighted by Crippen LogP contribution is -2.82. The largest absolute Gasteiger partial charge is 0.356 e. The van der Waals surface area contributed by atoms with Crippen molar-refractivity contribution >= 4 is 5.91 Å². The van der Waals surface area contributed by atoms with E-state index in [0.29, 0.717) is 18.9 Å². The Kier molecular flexibility index (Phi) is 7.83. The Morgan fingerprint density at radius 1 is 0.786 bits per heavy atom. The minimum absolute atomic E-state index is 0.129. The van der Waals surface area contributed by atoms with Crippen molar-refractivity contribution in [3.05, 3.63) is 108 Å². The van der Waals surface area contributed by atoms with E-state index in [1.807, 2.05) is 30.3 Å². The van der Waals surface area contributed by atoms with Gasteiger partial charge in [-0.3, -0.25) is 4.79 Å². The fourth-order valence-electron chi connectivity index (χ4n) is 3.46. The predicted molar refractivity (Wildman–Crippen MR) is 114 cm³/mol. The van der Waals surface area contributed by atoms with Gasteiger partial charge in [-0.25, -0.2) is 0 Å². The molecule has 3 rings (SSSR count). The first-order chi connectivity index (χ1) is 13.8. The summed E-state index contributed by atoms with van der Waals surface area (Å²) in [7, 11) is 0. The zero-order valence-corrected chi connectivity index (χ0v) is 16.3. The summed E-state index contributed by atoms with van der Waals surface area (Å²) in [6.07, 6.45) is 1.45. The number of hydrogen-bond donors (Lipinski definition) is 2. The second-order valence-corrected chi connectivity index (χ2v) is 7.03. The van der Waals surface area contributed by atoms with Crippen LogP contribution in [0, 0.1) is 0 Å². The first-order valence-corrected chi connectivity index (χ1v) is 10.0. The van der Waals surface area contributed by atoms with Crippen molar-refractivity contribution in [2.45, 2.75) is 25.3 Å². The summed E-state index contributed by atoms with van der Waals surface area (Å²) in [5, 5.41) is 5.28. The van der Waals surface area contributed by atoms with E-state index in [0.717, 1.165) is 19.5 Å². The van der Waals surface area contributed by atoms with Gasteiger partial charge in [-0.1, -0.05) is 91.0 Å². The number of quaternary nitrogens is 1. The fourth-order valence-corrected chi connectivity index (χ4v) is 3.46. The van der Waals surface area contributed by atoms with E-state index in [1.165, 1.54) is 16.7 Å². The van der Waals surface area contributed by atoms with Gasteiger partial charge >= 0.3 is 0 Å². The maximum Gasteiger partial charge on any atom is 0.225 e. The van der Waals surface area contributed by atoms with Crippen LogP contribution in [-0.4, -0.2) is 19.0 Å². The number of benzene rings is 3. The zero-order chi connectivity index (χ0) is 19.4. The molecule has 0 atom stereocenters. The second kappa shape index (κ2) is 11.1. The normalized spacial score (nSPS) is 10.8. The Morgan fingerprint density at radius 3 is 1.89 bits per heavy atom. The summed E-state index contributed by atoms with van der Waals surface area (Å²) in [6.45, 7) is 2.41. The van der Waals surface area contributed by atoms with Gasteiger partial charge < -0.3 is 10.6 Å². The Morgan fingerprint density at radius 2 is 1.32 bits per heavy atom. The molecule has 0 aliphatic carbocycles. The number of carbonyl (C=O) groups excluding carboxylic acids is 1. The van der Waals surface area contributed by atoms with Crippen LogP contribution in [0.4, 0.5) is 0 Å².